The topological polar surface area (TPSA) is 124 Å². The van der Waals surface area contributed by atoms with Crippen molar-refractivity contribution in [3.63, 3.8) is 0 Å². The number of halogens is 2. The van der Waals surface area contributed by atoms with Crippen molar-refractivity contribution in [1.82, 2.24) is 30.1 Å². The summed E-state index contributed by atoms with van der Waals surface area (Å²) in [5, 5.41) is 14.9. The van der Waals surface area contributed by atoms with Gasteiger partial charge >= 0.3 is 6.01 Å². The van der Waals surface area contributed by atoms with Crippen molar-refractivity contribution in [2.75, 3.05) is 57.3 Å². The molecule has 11 rings (SSSR count). The molecule has 67 heavy (non-hydrogen) atoms. The van der Waals surface area contributed by atoms with Crippen molar-refractivity contribution < 1.29 is 28.2 Å². The molecule has 4 aliphatic heterocycles. The van der Waals surface area contributed by atoms with Crippen molar-refractivity contribution in [3.8, 4) is 23.0 Å². The SMILES string of the molecule is CCc1c(F)ccc2cc(O)cc(-c3ncc4c(N5CCC[C@H](C)C5)nc(OCC5(CN6CCC7(CC6)CC(N6CCC(c8cccc(C9CCC(=O)NC9=O)c8)CC6)C7)CC5)nc4c3F)c12. The fourth-order valence-corrected chi connectivity index (χ4v) is 12.6. The molecule has 13 heteroatoms. The van der Waals surface area contributed by atoms with E-state index in [2.05, 4.69) is 50.1 Å². The largest absolute Gasteiger partial charge is 0.508 e. The van der Waals surface area contributed by atoms with Gasteiger partial charge in [-0.1, -0.05) is 44.2 Å². The van der Waals surface area contributed by atoms with Gasteiger partial charge in [-0.05, 0) is 166 Å². The number of imide groups is 1. The van der Waals surface area contributed by atoms with E-state index in [0.717, 1.165) is 89.9 Å². The lowest BCUT2D eigenvalue weighted by Gasteiger charge is -2.56. The molecular weight excluding hydrogens is 849 g/mol. The van der Waals surface area contributed by atoms with Crippen LogP contribution < -0.4 is 15.0 Å². The highest BCUT2D eigenvalue weighted by molar-refractivity contribution is 6.02. The minimum absolute atomic E-state index is 0.00622. The normalized spacial score (nSPS) is 23.7. The number of pyridine rings is 1. The zero-order chi connectivity index (χ0) is 46.0. The van der Waals surface area contributed by atoms with Crippen molar-refractivity contribution in [2.45, 2.75) is 115 Å². The second kappa shape index (κ2) is 17.7. The number of carbonyl (C=O) groups is 2. The van der Waals surface area contributed by atoms with E-state index >= 15 is 8.78 Å². The molecule has 1 unspecified atom stereocenters. The van der Waals surface area contributed by atoms with Crippen molar-refractivity contribution in [2.24, 2.45) is 16.7 Å². The Balaban J connectivity index is 0.730. The van der Waals surface area contributed by atoms with E-state index in [4.69, 9.17) is 14.7 Å². The first-order valence-electron chi connectivity index (χ1n) is 25.0. The van der Waals surface area contributed by atoms with E-state index in [-0.39, 0.29) is 51.9 Å². The Bertz CT molecular complexity index is 2720. The fourth-order valence-electron chi connectivity index (χ4n) is 12.6. The zero-order valence-corrected chi connectivity index (χ0v) is 39.0. The molecule has 2 N–H and O–H groups in total. The first-order chi connectivity index (χ1) is 32.5. The number of piperidine rings is 4. The van der Waals surface area contributed by atoms with Crippen molar-refractivity contribution in [1.29, 1.82) is 0 Å². The number of phenols is 1. The number of aromatic nitrogens is 3. The van der Waals surface area contributed by atoms with Gasteiger partial charge in [-0.25, -0.2) is 8.78 Å². The summed E-state index contributed by atoms with van der Waals surface area (Å²) in [5.41, 5.74) is 3.70. The molecule has 6 aliphatic rings. The zero-order valence-electron chi connectivity index (χ0n) is 39.0. The lowest BCUT2D eigenvalue weighted by atomic mass is 9.59. The lowest BCUT2D eigenvalue weighted by Crippen LogP contribution is -2.56. The van der Waals surface area contributed by atoms with E-state index in [1.54, 1.807) is 18.3 Å². The highest BCUT2D eigenvalue weighted by Gasteiger charge is 2.50. The highest BCUT2D eigenvalue weighted by Crippen LogP contribution is 2.53. The molecule has 6 fully saturated rings. The first-order valence-corrected chi connectivity index (χ1v) is 25.0. The number of benzene rings is 3. The Hall–Kier alpha value is -5.27. The van der Waals surface area contributed by atoms with Gasteiger partial charge in [-0.2, -0.15) is 9.97 Å². The molecule has 2 aliphatic carbocycles. The number of ether oxygens (including phenoxy) is 1. The molecule has 1 spiro atoms. The molecule has 352 valence electrons. The lowest BCUT2D eigenvalue weighted by molar-refractivity contribution is -0.134. The van der Waals surface area contributed by atoms with Crippen LogP contribution in [0.25, 0.3) is 32.9 Å². The maximum Gasteiger partial charge on any atom is 0.319 e. The summed E-state index contributed by atoms with van der Waals surface area (Å²) >= 11 is 0. The second-order valence-corrected chi connectivity index (χ2v) is 21.3. The van der Waals surface area contributed by atoms with E-state index in [9.17, 15) is 14.7 Å². The molecule has 11 nitrogen and oxygen atoms in total. The van der Waals surface area contributed by atoms with Gasteiger partial charge in [-0.15, -0.1) is 0 Å². The maximum atomic E-state index is 17.1. The van der Waals surface area contributed by atoms with Crippen LogP contribution in [0, 0.1) is 28.4 Å². The Morgan fingerprint density at radius 3 is 2.45 bits per heavy atom. The van der Waals surface area contributed by atoms with E-state index in [1.807, 2.05) is 13.0 Å². The minimum atomic E-state index is -0.644. The van der Waals surface area contributed by atoms with Crippen LogP contribution in [0.4, 0.5) is 14.6 Å². The number of carbonyl (C=O) groups excluding carboxylic acids is 2. The van der Waals surface area contributed by atoms with Gasteiger partial charge in [-0.3, -0.25) is 19.9 Å². The third-order valence-corrected chi connectivity index (χ3v) is 16.7. The smallest absolute Gasteiger partial charge is 0.319 e. The third kappa shape index (κ3) is 8.64. The Morgan fingerprint density at radius 1 is 0.910 bits per heavy atom. The number of phenolic OH excluding ortho intramolecular Hbond substituents is 1. The monoisotopic (exact) mass is 911 g/mol. The van der Waals surface area contributed by atoms with Crippen LogP contribution in [0.3, 0.4) is 0 Å². The van der Waals surface area contributed by atoms with E-state index < -0.39 is 5.82 Å². The average molecular weight is 912 g/mol. The number of rotatable bonds is 11. The molecule has 2 amide bonds. The summed E-state index contributed by atoms with van der Waals surface area (Å²) in [7, 11) is 0. The van der Waals surface area contributed by atoms with Crippen LogP contribution in [-0.2, 0) is 16.0 Å². The molecule has 6 heterocycles. The Kier molecular flexibility index (Phi) is 11.7. The number of amides is 2. The van der Waals surface area contributed by atoms with Crippen LogP contribution in [0.1, 0.15) is 119 Å². The molecular formula is C54H63F2N7O4. The number of hydrogen-bond donors (Lipinski definition) is 2. The van der Waals surface area contributed by atoms with Crippen LogP contribution in [0.5, 0.6) is 11.8 Å². The number of nitrogens with one attached hydrogen (secondary N) is 1. The molecule has 2 saturated carbocycles. The van der Waals surface area contributed by atoms with Gasteiger partial charge in [0.25, 0.3) is 0 Å². The summed E-state index contributed by atoms with van der Waals surface area (Å²) in [6.45, 7) is 11.5. The number of anilines is 1. The molecule has 5 aromatic rings. The number of fused-ring (bicyclic) bond motifs is 2. The predicted molar refractivity (Wildman–Crippen MR) is 255 cm³/mol. The summed E-state index contributed by atoms with van der Waals surface area (Å²) in [6, 6.07) is 15.4. The Labute approximate surface area is 391 Å². The first kappa shape index (κ1) is 44.2. The number of nitrogens with zero attached hydrogens (tertiary/aromatic N) is 6. The van der Waals surface area contributed by atoms with Crippen molar-refractivity contribution in [3.05, 3.63) is 83.1 Å². The van der Waals surface area contributed by atoms with Gasteiger partial charge < -0.3 is 24.5 Å². The molecule has 3 aromatic carbocycles. The number of aryl methyl sites for hydroxylation is 1. The van der Waals surface area contributed by atoms with E-state index in [0.29, 0.717) is 82.3 Å². The molecule has 2 aromatic heterocycles. The maximum absolute atomic E-state index is 17.1. The standard InChI is InChI=1S/C54H63F2N7O4/c1-3-40-44(55)11-9-37-25-39(64)26-42(46(37)40)48-47(56)49-43(29-57-48)50(63-19-5-6-33(2)30-63)60-52(59-49)67-32-54(15-16-54)31-61-22-17-53(18-23-61)27-38(28-53)62-20-13-34(14-21-62)35-7-4-8-36(24-35)41-10-12-45(65)58-51(41)66/h4,7-9,11,24-26,29,33-34,38,41,64H,3,5-6,10,12-23,27-28,30-32H2,1-2H3,(H,58,65,66)/t33-,41?/m0/s1. The average Bonchev–Trinajstić information content (AvgIpc) is 4.09. The van der Waals surface area contributed by atoms with Crippen LogP contribution in [0.2, 0.25) is 0 Å². The van der Waals surface area contributed by atoms with Gasteiger partial charge in [0.15, 0.2) is 5.82 Å². The summed E-state index contributed by atoms with van der Waals surface area (Å²) in [6.07, 6.45) is 14.6. The van der Waals surface area contributed by atoms with Gasteiger partial charge in [0, 0.05) is 49.3 Å². The highest BCUT2D eigenvalue weighted by atomic mass is 19.1. The second-order valence-electron chi connectivity index (χ2n) is 21.3. The van der Waals surface area contributed by atoms with Crippen molar-refractivity contribution >= 4 is 39.3 Å². The predicted octanol–water partition coefficient (Wildman–Crippen LogP) is 9.43. The molecule has 0 radical (unpaired) electrons. The van der Waals surface area contributed by atoms with Crippen LogP contribution in [-0.4, -0.2) is 100 Å². The third-order valence-electron chi connectivity index (χ3n) is 16.7. The minimum Gasteiger partial charge on any atom is -0.508 e. The van der Waals surface area contributed by atoms with Gasteiger partial charge in [0.1, 0.15) is 28.6 Å². The summed E-state index contributed by atoms with van der Waals surface area (Å²) < 4.78 is 38.8. The van der Waals surface area contributed by atoms with E-state index in [1.165, 1.54) is 43.4 Å². The van der Waals surface area contributed by atoms with Gasteiger partial charge in [0.05, 0.1) is 17.9 Å². The molecule has 2 atom stereocenters. The number of hydrogen-bond acceptors (Lipinski definition) is 10. The quantitative estimate of drug-likeness (QED) is 0.124. The summed E-state index contributed by atoms with van der Waals surface area (Å²) in [5.74, 6) is -0.0785. The van der Waals surface area contributed by atoms with Crippen LogP contribution >= 0.6 is 0 Å². The number of aromatic hydroxyl groups is 1. The number of likely N-dealkylation sites (tertiary alicyclic amines) is 2. The van der Waals surface area contributed by atoms with Gasteiger partial charge in [0.2, 0.25) is 11.8 Å². The molecule has 0 bridgehead atoms. The summed E-state index contributed by atoms with van der Waals surface area (Å²) in [4.78, 5) is 46.2. The molecule has 4 saturated heterocycles. The van der Waals surface area contributed by atoms with Crippen LogP contribution in [0.15, 0.2) is 54.7 Å². The Morgan fingerprint density at radius 2 is 1.70 bits per heavy atom. The fraction of sp³-hybridized carbons (Fsp3) is 0.537.